The lowest BCUT2D eigenvalue weighted by Gasteiger charge is -2.26. The lowest BCUT2D eigenvalue weighted by molar-refractivity contribution is -0.130. The summed E-state index contributed by atoms with van der Waals surface area (Å²) in [6, 6.07) is -0.326. The van der Waals surface area contributed by atoms with Crippen molar-refractivity contribution in [2.45, 2.75) is 19.3 Å². The molecule has 2 rings (SSSR count). The molecule has 0 aliphatic carbocycles. The van der Waals surface area contributed by atoms with Crippen LogP contribution in [0.2, 0.25) is 0 Å². The Hall–Kier alpha value is -1.85. The van der Waals surface area contributed by atoms with Gasteiger partial charge < -0.3 is 10.2 Å². The topological polar surface area (TPSA) is 67.2 Å². The predicted octanol–water partition coefficient (Wildman–Crippen LogP) is 0.453. The first kappa shape index (κ1) is 11.6. The highest BCUT2D eigenvalue weighted by Crippen LogP contribution is 2.08. The molecule has 0 atom stereocenters. The Balaban J connectivity index is 1.77. The number of hydrogen-bond donors (Lipinski definition) is 1. The predicted molar refractivity (Wildman–Crippen MR) is 61.5 cm³/mol. The van der Waals surface area contributed by atoms with Gasteiger partial charge in [-0.1, -0.05) is 0 Å². The lowest BCUT2D eigenvalue weighted by Crippen LogP contribution is -2.43. The van der Waals surface area contributed by atoms with E-state index in [4.69, 9.17) is 0 Å². The third kappa shape index (κ3) is 3.05. The van der Waals surface area contributed by atoms with Crippen LogP contribution >= 0.6 is 0 Å². The summed E-state index contributed by atoms with van der Waals surface area (Å²) in [6.45, 7) is 1.66. The van der Waals surface area contributed by atoms with Gasteiger partial charge in [0.15, 0.2) is 0 Å². The van der Waals surface area contributed by atoms with Crippen LogP contribution in [0.5, 0.6) is 0 Å². The van der Waals surface area contributed by atoms with Crippen molar-refractivity contribution in [1.29, 1.82) is 0 Å². The van der Waals surface area contributed by atoms with Gasteiger partial charge in [0.05, 0.1) is 6.54 Å². The Bertz CT molecular complexity index is 382. The van der Waals surface area contributed by atoms with Crippen molar-refractivity contribution in [2.75, 3.05) is 19.6 Å². The van der Waals surface area contributed by atoms with E-state index in [1.165, 1.54) is 23.5 Å². The van der Waals surface area contributed by atoms with Crippen molar-refractivity contribution >= 4 is 11.9 Å². The Kier molecular flexibility index (Phi) is 3.74. The minimum atomic E-state index is -0.326. The number of likely N-dealkylation sites (tertiary alicyclic amines) is 1. The smallest absolute Gasteiger partial charge is 0.327 e. The van der Waals surface area contributed by atoms with Crippen molar-refractivity contribution in [3.05, 3.63) is 18.7 Å². The van der Waals surface area contributed by atoms with Gasteiger partial charge in [-0.15, -0.1) is 0 Å². The molecule has 0 unspecified atom stereocenters. The van der Waals surface area contributed by atoms with Crippen molar-refractivity contribution in [2.24, 2.45) is 0 Å². The first-order chi connectivity index (χ1) is 8.27. The molecule has 2 heterocycles. The van der Waals surface area contributed by atoms with Crippen molar-refractivity contribution in [3.8, 4) is 0 Å². The number of nitrogens with one attached hydrogen (secondary N) is 1. The van der Waals surface area contributed by atoms with E-state index in [2.05, 4.69) is 10.3 Å². The van der Waals surface area contributed by atoms with Crippen LogP contribution in [-0.2, 0) is 4.79 Å². The molecule has 1 aromatic heterocycles. The van der Waals surface area contributed by atoms with E-state index >= 15 is 0 Å². The summed E-state index contributed by atoms with van der Waals surface area (Å²) in [7, 11) is 0. The number of amides is 2. The van der Waals surface area contributed by atoms with Gasteiger partial charge in [0.25, 0.3) is 0 Å². The van der Waals surface area contributed by atoms with E-state index in [1.807, 2.05) is 0 Å². The van der Waals surface area contributed by atoms with Gasteiger partial charge in [-0.25, -0.2) is 9.78 Å². The molecule has 0 spiro atoms. The lowest BCUT2D eigenvalue weighted by atomic mass is 10.1. The van der Waals surface area contributed by atoms with E-state index in [9.17, 15) is 9.59 Å². The number of piperidine rings is 1. The summed E-state index contributed by atoms with van der Waals surface area (Å²) in [6.07, 6.45) is 7.76. The molecule has 0 saturated carbocycles. The number of carbonyl (C=O) groups excluding carboxylic acids is 2. The molecule has 1 N–H and O–H groups in total. The van der Waals surface area contributed by atoms with Gasteiger partial charge in [-0.3, -0.25) is 9.36 Å². The average molecular weight is 236 g/mol. The van der Waals surface area contributed by atoms with Crippen molar-refractivity contribution < 1.29 is 9.59 Å². The standard InChI is InChI=1S/C11H16N4O2/c16-10(14-5-2-1-3-6-14)8-13-11(17)15-7-4-12-9-15/h4,7,9H,1-3,5-6,8H2,(H,13,17). The number of imidazole rings is 1. The zero-order chi connectivity index (χ0) is 12.1. The molecule has 17 heavy (non-hydrogen) atoms. The second-order valence-corrected chi connectivity index (χ2v) is 4.07. The number of aromatic nitrogens is 2. The fourth-order valence-corrected chi connectivity index (χ4v) is 1.88. The molecule has 6 heteroatoms. The molecule has 1 aliphatic heterocycles. The summed E-state index contributed by atoms with van der Waals surface area (Å²) in [4.78, 5) is 28.9. The minimum Gasteiger partial charge on any atom is -0.341 e. The molecule has 6 nitrogen and oxygen atoms in total. The maximum atomic E-state index is 11.8. The fraction of sp³-hybridized carbons (Fsp3) is 0.545. The second-order valence-electron chi connectivity index (χ2n) is 4.07. The third-order valence-electron chi connectivity index (χ3n) is 2.84. The zero-order valence-electron chi connectivity index (χ0n) is 9.63. The first-order valence-electron chi connectivity index (χ1n) is 5.81. The van der Waals surface area contributed by atoms with E-state index in [-0.39, 0.29) is 18.5 Å². The molecular formula is C11H16N4O2. The van der Waals surface area contributed by atoms with Crippen LogP contribution in [0.1, 0.15) is 19.3 Å². The quantitative estimate of drug-likeness (QED) is 0.810. The Labute approximate surface area is 99.6 Å². The molecule has 1 saturated heterocycles. The molecule has 2 amide bonds. The Morgan fingerprint density at radius 2 is 2.00 bits per heavy atom. The van der Waals surface area contributed by atoms with Gasteiger partial charge in [0, 0.05) is 25.5 Å². The minimum absolute atomic E-state index is 0.0156. The largest absolute Gasteiger partial charge is 0.341 e. The molecule has 0 aromatic carbocycles. The van der Waals surface area contributed by atoms with Crippen LogP contribution < -0.4 is 5.32 Å². The van der Waals surface area contributed by atoms with Crippen LogP contribution in [0.15, 0.2) is 18.7 Å². The van der Waals surface area contributed by atoms with Crippen molar-refractivity contribution in [1.82, 2.24) is 19.8 Å². The van der Waals surface area contributed by atoms with Crippen LogP contribution in [0.25, 0.3) is 0 Å². The second kappa shape index (κ2) is 5.47. The third-order valence-corrected chi connectivity index (χ3v) is 2.84. The molecule has 92 valence electrons. The van der Waals surface area contributed by atoms with Crippen molar-refractivity contribution in [3.63, 3.8) is 0 Å². The van der Waals surface area contributed by atoms with E-state index in [1.54, 1.807) is 11.1 Å². The molecule has 1 aromatic rings. The van der Waals surface area contributed by atoms with Gasteiger partial charge in [-0.2, -0.15) is 0 Å². The van der Waals surface area contributed by atoms with Gasteiger partial charge in [0.2, 0.25) is 5.91 Å². The highest BCUT2D eigenvalue weighted by atomic mass is 16.2. The monoisotopic (exact) mass is 236 g/mol. The van der Waals surface area contributed by atoms with Gasteiger partial charge >= 0.3 is 6.03 Å². The van der Waals surface area contributed by atoms with E-state index < -0.39 is 0 Å². The summed E-state index contributed by atoms with van der Waals surface area (Å²) >= 11 is 0. The highest BCUT2D eigenvalue weighted by molar-refractivity contribution is 5.84. The molecule has 0 bridgehead atoms. The SMILES string of the molecule is O=C(CNC(=O)n1ccnc1)N1CCCCC1. The molecule has 1 fully saturated rings. The number of carbonyl (C=O) groups is 2. The summed E-state index contributed by atoms with van der Waals surface area (Å²) in [5.74, 6) is -0.0156. The maximum absolute atomic E-state index is 11.8. The first-order valence-corrected chi connectivity index (χ1v) is 5.81. The molecular weight excluding hydrogens is 220 g/mol. The summed E-state index contributed by atoms with van der Waals surface area (Å²) in [5.41, 5.74) is 0. The average Bonchev–Trinajstić information content (AvgIpc) is 2.90. The van der Waals surface area contributed by atoms with Gasteiger partial charge in [0.1, 0.15) is 6.33 Å². The highest BCUT2D eigenvalue weighted by Gasteiger charge is 2.16. The van der Waals surface area contributed by atoms with Crippen LogP contribution in [0.3, 0.4) is 0 Å². The van der Waals surface area contributed by atoms with E-state index in [0.717, 1.165) is 25.9 Å². The zero-order valence-corrected chi connectivity index (χ0v) is 9.63. The molecule has 1 aliphatic rings. The van der Waals surface area contributed by atoms with Crippen LogP contribution in [0, 0.1) is 0 Å². The van der Waals surface area contributed by atoms with E-state index in [0.29, 0.717) is 0 Å². The van der Waals surface area contributed by atoms with Crippen LogP contribution in [0.4, 0.5) is 4.79 Å². The Morgan fingerprint density at radius 3 is 2.65 bits per heavy atom. The fourth-order valence-electron chi connectivity index (χ4n) is 1.88. The Morgan fingerprint density at radius 1 is 1.24 bits per heavy atom. The molecule has 0 radical (unpaired) electrons. The number of nitrogens with zero attached hydrogens (tertiary/aromatic N) is 3. The number of rotatable bonds is 2. The normalized spacial score (nSPS) is 15.6. The van der Waals surface area contributed by atoms with Gasteiger partial charge in [-0.05, 0) is 19.3 Å². The summed E-state index contributed by atoms with van der Waals surface area (Å²) in [5, 5.41) is 2.57. The summed E-state index contributed by atoms with van der Waals surface area (Å²) < 4.78 is 1.31. The maximum Gasteiger partial charge on any atom is 0.327 e. The number of hydrogen-bond acceptors (Lipinski definition) is 3. The van der Waals surface area contributed by atoms with Crippen LogP contribution in [-0.4, -0.2) is 46.0 Å².